The molecule has 0 saturated carbocycles. The maximum absolute atomic E-state index is 10.8. The molecule has 0 bridgehead atoms. The average Bonchev–Trinajstić information content (AvgIpc) is 2.29. The Morgan fingerprint density at radius 1 is 1.56 bits per heavy atom. The van der Waals surface area contributed by atoms with Crippen molar-refractivity contribution < 1.29 is 9.90 Å². The van der Waals surface area contributed by atoms with Gasteiger partial charge in [0.1, 0.15) is 0 Å². The third kappa shape index (κ3) is 3.42. The summed E-state index contributed by atoms with van der Waals surface area (Å²) in [6.07, 6.45) is 3.89. The highest BCUT2D eigenvalue weighted by molar-refractivity contribution is 5.88. The number of carbonyl (C=O) groups is 1. The lowest BCUT2D eigenvalue weighted by atomic mass is 10.2. The van der Waals surface area contributed by atoms with Gasteiger partial charge in [-0.2, -0.15) is 0 Å². The second kappa shape index (κ2) is 5.95. The highest BCUT2D eigenvalue weighted by atomic mass is 16.4. The molecule has 1 rings (SSSR count). The Balaban J connectivity index is 2.67. The van der Waals surface area contributed by atoms with E-state index < -0.39 is 5.97 Å². The summed E-state index contributed by atoms with van der Waals surface area (Å²) >= 11 is 0. The first kappa shape index (κ1) is 12.3. The number of rotatable bonds is 6. The van der Waals surface area contributed by atoms with Crippen molar-refractivity contribution in [2.75, 3.05) is 18.5 Å². The van der Waals surface area contributed by atoms with Crippen LogP contribution < -0.4 is 4.90 Å². The minimum absolute atomic E-state index is 0.327. The van der Waals surface area contributed by atoms with Crippen molar-refractivity contribution in [2.24, 2.45) is 0 Å². The number of unbranched alkanes of at least 4 members (excludes halogenated alkanes) is 1. The van der Waals surface area contributed by atoms with Gasteiger partial charge in [0.15, 0.2) is 0 Å². The number of hydrogen-bond donors (Lipinski definition) is 1. The van der Waals surface area contributed by atoms with Crippen LogP contribution in [0.4, 0.5) is 5.69 Å². The third-order valence-electron chi connectivity index (χ3n) is 2.44. The molecular formula is C13H17NO2. The van der Waals surface area contributed by atoms with Crippen molar-refractivity contribution >= 4 is 11.7 Å². The van der Waals surface area contributed by atoms with Gasteiger partial charge in [0, 0.05) is 19.3 Å². The Hall–Kier alpha value is -1.77. The van der Waals surface area contributed by atoms with Gasteiger partial charge in [0.2, 0.25) is 0 Å². The van der Waals surface area contributed by atoms with Crippen LogP contribution in [-0.4, -0.2) is 24.7 Å². The van der Waals surface area contributed by atoms with Gasteiger partial charge in [-0.25, -0.2) is 4.79 Å². The molecule has 0 heterocycles. The number of carboxylic acids is 1. The number of carboxylic acid groups (broad SMARTS) is 1. The molecule has 0 atom stereocenters. The molecule has 1 aromatic rings. The monoisotopic (exact) mass is 219 g/mol. The van der Waals surface area contributed by atoms with E-state index in [-0.39, 0.29) is 0 Å². The Labute approximate surface area is 96.0 Å². The van der Waals surface area contributed by atoms with Gasteiger partial charge in [-0.1, -0.05) is 12.1 Å². The molecule has 0 unspecified atom stereocenters. The fraction of sp³-hybridized carbons (Fsp3) is 0.308. The molecule has 0 amide bonds. The molecule has 1 N–H and O–H groups in total. The molecule has 0 aromatic heterocycles. The van der Waals surface area contributed by atoms with Gasteiger partial charge in [-0.05, 0) is 31.0 Å². The lowest BCUT2D eigenvalue weighted by molar-refractivity contribution is 0.0697. The number of anilines is 1. The van der Waals surface area contributed by atoms with Crippen LogP contribution in [0, 0.1) is 0 Å². The molecule has 3 heteroatoms. The summed E-state index contributed by atoms with van der Waals surface area (Å²) in [6, 6.07) is 6.97. The van der Waals surface area contributed by atoms with Gasteiger partial charge in [-0.3, -0.25) is 0 Å². The first-order chi connectivity index (χ1) is 7.65. The first-order valence-electron chi connectivity index (χ1n) is 5.30. The number of benzene rings is 1. The van der Waals surface area contributed by atoms with Crippen LogP contribution in [0.3, 0.4) is 0 Å². The van der Waals surface area contributed by atoms with Crippen molar-refractivity contribution in [3.8, 4) is 0 Å². The van der Waals surface area contributed by atoms with E-state index in [1.165, 1.54) is 0 Å². The second-order valence-electron chi connectivity index (χ2n) is 3.71. The number of hydrogen-bond acceptors (Lipinski definition) is 2. The molecular weight excluding hydrogens is 202 g/mol. The minimum atomic E-state index is -0.888. The van der Waals surface area contributed by atoms with E-state index in [2.05, 4.69) is 11.5 Å². The summed E-state index contributed by atoms with van der Waals surface area (Å²) < 4.78 is 0. The molecule has 0 aliphatic heterocycles. The van der Waals surface area contributed by atoms with E-state index in [0.29, 0.717) is 5.56 Å². The van der Waals surface area contributed by atoms with Gasteiger partial charge >= 0.3 is 5.97 Å². The standard InChI is InChI=1S/C13H17NO2/c1-3-4-5-9-14(2)12-8-6-7-11(10-12)13(15)16/h3,6-8,10H,1,4-5,9H2,2H3,(H,15,16). The van der Waals surface area contributed by atoms with Crippen LogP contribution in [-0.2, 0) is 0 Å². The molecule has 86 valence electrons. The fourth-order valence-corrected chi connectivity index (χ4v) is 1.48. The summed E-state index contributed by atoms with van der Waals surface area (Å²) in [7, 11) is 1.96. The smallest absolute Gasteiger partial charge is 0.335 e. The van der Waals surface area contributed by atoms with E-state index in [4.69, 9.17) is 5.11 Å². The molecule has 0 spiro atoms. The summed E-state index contributed by atoms with van der Waals surface area (Å²) in [4.78, 5) is 12.9. The Morgan fingerprint density at radius 3 is 2.94 bits per heavy atom. The molecule has 0 aliphatic carbocycles. The quantitative estimate of drug-likeness (QED) is 0.590. The normalized spacial score (nSPS) is 9.81. The van der Waals surface area contributed by atoms with Crippen molar-refractivity contribution in [1.29, 1.82) is 0 Å². The lowest BCUT2D eigenvalue weighted by Crippen LogP contribution is -2.18. The molecule has 0 saturated heterocycles. The highest BCUT2D eigenvalue weighted by Gasteiger charge is 2.05. The zero-order chi connectivity index (χ0) is 12.0. The summed E-state index contributed by atoms with van der Waals surface area (Å²) in [5, 5.41) is 8.87. The molecule has 3 nitrogen and oxygen atoms in total. The van der Waals surface area contributed by atoms with Gasteiger partial charge < -0.3 is 10.0 Å². The number of aromatic carboxylic acids is 1. The molecule has 0 fully saturated rings. The first-order valence-corrected chi connectivity index (χ1v) is 5.30. The van der Waals surface area contributed by atoms with E-state index in [1.807, 2.05) is 19.2 Å². The Bertz CT molecular complexity index is 374. The lowest BCUT2D eigenvalue weighted by Gasteiger charge is -2.19. The van der Waals surface area contributed by atoms with Crippen LogP contribution in [0.25, 0.3) is 0 Å². The van der Waals surface area contributed by atoms with Crippen LogP contribution in [0.15, 0.2) is 36.9 Å². The SMILES string of the molecule is C=CCCCN(C)c1cccc(C(=O)O)c1. The topological polar surface area (TPSA) is 40.5 Å². The number of nitrogens with zero attached hydrogens (tertiary/aromatic N) is 1. The molecule has 0 aliphatic rings. The molecule has 0 radical (unpaired) electrons. The Morgan fingerprint density at radius 2 is 2.31 bits per heavy atom. The molecule has 16 heavy (non-hydrogen) atoms. The second-order valence-corrected chi connectivity index (χ2v) is 3.71. The summed E-state index contributed by atoms with van der Waals surface area (Å²) in [5.41, 5.74) is 1.26. The molecule has 1 aromatic carbocycles. The predicted octanol–water partition coefficient (Wildman–Crippen LogP) is 2.79. The van der Waals surface area contributed by atoms with E-state index >= 15 is 0 Å². The van der Waals surface area contributed by atoms with Crippen LogP contribution in [0.1, 0.15) is 23.2 Å². The maximum atomic E-state index is 10.8. The van der Waals surface area contributed by atoms with Gasteiger partial charge in [0.05, 0.1) is 5.56 Å². The van der Waals surface area contributed by atoms with Crippen LogP contribution >= 0.6 is 0 Å². The van der Waals surface area contributed by atoms with E-state index in [9.17, 15) is 4.79 Å². The van der Waals surface area contributed by atoms with Crippen molar-refractivity contribution in [3.05, 3.63) is 42.5 Å². The largest absolute Gasteiger partial charge is 0.478 e. The minimum Gasteiger partial charge on any atom is -0.478 e. The maximum Gasteiger partial charge on any atom is 0.335 e. The van der Waals surface area contributed by atoms with Crippen LogP contribution in [0.2, 0.25) is 0 Å². The third-order valence-corrected chi connectivity index (χ3v) is 2.44. The van der Waals surface area contributed by atoms with Crippen LogP contribution in [0.5, 0.6) is 0 Å². The van der Waals surface area contributed by atoms with E-state index in [1.54, 1.807) is 18.2 Å². The van der Waals surface area contributed by atoms with Crippen molar-refractivity contribution in [1.82, 2.24) is 0 Å². The van der Waals surface area contributed by atoms with Crippen molar-refractivity contribution in [3.63, 3.8) is 0 Å². The van der Waals surface area contributed by atoms with Gasteiger partial charge in [-0.15, -0.1) is 6.58 Å². The zero-order valence-corrected chi connectivity index (χ0v) is 9.52. The summed E-state index contributed by atoms with van der Waals surface area (Å²) in [5.74, 6) is -0.888. The van der Waals surface area contributed by atoms with Crippen molar-refractivity contribution in [2.45, 2.75) is 12.8 Å². The zero-order valence-electron chi connectivity index (χ0n) is 9.52. The highest BCUT2D eigenvalue weighted by Crippen LogP contribution is 2.15. The van der Waals surface area contributed by atoms with E-state index in [0.717, 1.165) is 25.1 Å². The Kier molecular flexibility index (Phi) is 4.58. The average molecular weight is 219 g/mol. The van der Waals surface area contributed by atoms with Gasteiger partial charge in [0.25, 0.3) is 0 Å². The predicted molar refractivity (Wildman–Crippen MR) is 66.1 cm³/mol. The number of allylic oxidation sites excluding steroid dienone is 1. The fourth-order valence-electron chi connectivity index (χ4n) is 1.48. The summed E-state index contributed by atoms with van der Waals surface area (Å²) in [6.45, 7) is 4.57.